The zero-order valence-electron chi connectivity index (χ0n) is 14.2. The van der Waals surface area contributed by atoms with Gasteiger partial charge in [0.15, 0.2) is 17.3 Å². The van der Waals surface area contributed by atoms with Crippen molar-refractivity contribution >= 4 is 5.97 Å². The van der Waals surface area contributed by atoms with Gasteiger partial charge in [-0.05, 0) is 35.0 Å². The summed E-state index contributed by atoms with van der Waals surface area (Å²) in [5, 5.41) is 24.7. The number of carbonyl (C=O) groups is 1. The molecule has 136 valence electrons. The number of esters is 1. The predicted molar refractivity (Wildman–Crippen MR) is 88.0 cm³/mol. The maximum atomic E-state index is 11.7. The number of nitrogens with two attached hydrogens (primary N) is 1. The molecule has 25 heavy (non-hydrogen) atoms. The SMILES string of the molecule is CCOC(=O)Cn1nnnc1C(NCCN)c1ccc(OC)c(O)c1. The largest absolute Gasteiger partial charge is 0.504 e. The number of phenolic OH excluding ortho intramolecular Hbond substituents is 1. The average Bonchev–Trinajstić information content (AvgIpc) is 3.03. The number of hydrogen-bond donors (Lipinski definition) is 3. The Bertz CT molecular complexity index is 705. The third-order valence-corrected chi connectivity index (χ3v) is 3.43. The molecule has 1 heterocycles. The molecule has 1 aromatic heterocycles. The quantitative estimate of drug-likeness (QED) is 0.515. The van der Waals surface area contributed by atoms with E-state index in [1.54, 1.807) is 25.1 Å². The number of benzene rings is 1. The molecule has 0 saturated carbocycles. The van der Waals surface area contributed by atoms with Crippen molar-refractivity contribution < 1.29 is 19.4 Å². The van der Waals surface area contributed by atoms with Gasteiger partial charge in [0.05, 0.1) is 19.8 Å². The van der Waals surface area contributed by atoms with Gasteiger partial charge in [0.25, 0.3) is 0 Å². The fourth-order valence-corrected chi connectivity index (χ4v) is 2.33. The minimum Gasteiger partial charge on any atom is -0.504 e. The zero-order valence-corrected chi connectivity index (χ0v) is 14.2. The van der Waals surface area contributed by atoms with E-state index in [0.717, 1.165) is 0 Å². The molecule has 1 aromatic carbocycles. The lowest BCUT2D eigenvalue weighted by Crippen LogP contribution is -2.31. The molecule has 0 fully saturated rings. The maximum absolute atomic E-state index is 11.7. The second-order valence-corrected chi connectivity index (χ2v) is 5.11. The number of aromatic hydroxyl groups is 1. The highest BCUT2D eigenvalue weighted by Gasteiger charge is 2.23. The van der Waals surface area contributed by atoms with Crippen molar-refractivity contribution in [1.29, 1.82) is 0 Å². The van der Waals surface area contributed by atoms with E-state index in [1.807, 2.05) is 0 Å². The molecule has 10 nitrogen and oxygen atoms in total. The number of phenols is 1. The number of methoxy groups -OCH3 is 1. The number of nitrogens with one attached hydrogen (secondary N) is 1. The van der Waals surface area contributed by atoms with Crippen molar-refractivity contribution in [3.63, 3.8) is 0 Å². The molecule has 0 radical (unpaired) electrons. The standard InChI is InChI=1S/C15H22N6O4/c1-3-25-13(23)9-21-15(18-19-20-21)14(17-7-6-16)10-4-5-12(24-2)11(22)8-10/h4-5,8,14,17,22H,3,6-7,9,16H2,1-2H3. The maximum Gasteiger partial charge on any atom is 0.327 e. The molecule has 0 amide bonds. The van der Waals surface area contributed by atoms with Crippen LogP contribution in [0.2, 0.25) is 0 Å². The summed E-state index contributed by atoms with van der Waals surface area (Å²) in [4.78, 5) is 11.7. The van der Waals surface area contributed by atoms with E-state index in [4.69, 9.17) is 15.2 Å². The molecule has 0 aliphatic carbocycles. The van der Waals surface area contributed by atoms with Gasteiger partial charge in [-0.25, -0.2) is 4.68 Å². The fourth-order valence-electron chi connectivity index (χ4n) is 2.33. The second kappa shape index (κ2) is 8.94. The Morgan fingerprint density at radius 1 is 1.48 bits per heavy atom. The first-order valence-corrected chi connectivity index (χ1v) is 7.82. The molecule has 0 aliphatic rings. The monoisotopic (exact) mass is 350 g/mol. The van der Waals surface area contributed by atoms with E-state index >= 15 is 0 Å². The number of rotatable bonds is 9. The molecule has 1 atom stereocenters. The van der Waals surface area contributed by atoms with Gasteiger partial charge in [-0.1, -0.05) is 6.07 Å². The lowest BCUT2D eigenvalue weighted by Gasteiger charge is -2.19. The van der Waals surface area contributed by atoms with Crippen molar-refractivity contribution in [2.45, 2.75) is 19.5 Å². The molecule has 2 rings (SSSR count). The van der Waals surface area contributed by atoms with E-state index in [1.165, 1.54) is 11.8 Å². The number of aromatic nitrogens is 4. The zero-order chi connectivity index (χ0) is 18.2. The van der Waals surface area contributed by atoms with E-state index in [-0.39, 0.29) is 18.9 Å². The van der Waals surface area contributed by atoms with E-state index in [9.17, 15) is 9.90 Å². The minimum absolute atomic E-state index is 0.0102. The van der Waals surface area contributed by atoms with Crippen LogP contribution in [0.25, 0.3) is 0 Å². The average molecular weight is 350 g/mol. The Morgan fingerprint density at radius 2 is 2.28 bits per heavy atom. The lowest BCUT2D eigenvalue weighted by atomic mass is 10.1. The van der Waals surface area contributed by atoms with Crippen molar-refractivity contribution in [3.8, 4) is 11.5 Å². The van der Waals surface area contributed by atoms with E-state index in [2.05, 4.69) is 20.8 Å². The fraction of sp³-hybridized carbons (Fsp3) is 0.467. The number of tetrazole rings is 1. The van der Waals surface area contributed by atoms with Crippen LogP contribution in [0.4, 0.5) is 0 Å². The van der Waals surface area contributed by atoms with Crippen LogP contribution in [0.1, 0.15) is 24.4 Å². The first-order valence-electron chi connectivity index (χ1n) is 7.82. The lowest BCUT2D eigenvalue weighted by molar-refractivity contribution is -0.144. The van der Waals surface area contributed by atoms with Crippen molar-refractivity contribution in [2.75, 3.05) is 26.8 Å². The predicted octanol–water partition coefficient (Wildman–Crippen LogP) is -0.412. The van der Waals surface area contributed by atoms with Crippen LogP contribution in [0.15, 0.2) is 18.2 Å². The third-order valence-electron chi connectivity index (χ3n) is 3.43. The van der Waals surface area contributed by atoms with Crippen LogP contribution in [-0.4, -0.2) is 58.1 Å². The Morgan fingerprint density at radius 3 is 2.92 bits per heavy atom. The van der Waals surface area contributed by atoms with Crippen LogP contribution in [-0.2, 0) is 16.1 Å². The normalized spacial score (nSPS) is 12.0. The molecule has 0 saturated heterocycles. The number of ether oxygens (including phenoxy) is 2. The van der Waals surface area contributed by atoms with Crippen molar-refractivity contribution in [2.24, 2.45) is 5.73 Å². The van der Waals surface area contributed by atoms with Gasteiger partial charge >= 0.3 is 5.97 Å². The van der Waals surface area contributed by atoms with Crippen LogP contribution < -0.4 is 15.8 Å². The second-order valence-electron chi connectivity index (χ2n) is 5.11. The van der Waals surface area contributed by atoms with Crippen molar-refractivity contribution in [1.82, 2.24) is 25.5 Å². The molecular formula is C15H22N6O4. The molecule has 2 aromatic rings. The van der Waals surface area contributed by atoms with Crippen LogP contribution in [0, 0.1) is 0 Å². The summed E-state index contributed by atoms with van der Waals surface area (Å²) in [7, 11) is 1.47. The van der Waals surface area contributed by atoms with Crippen LogP contribution in [0.3, 0.4) is 0 Å². The molecule has 0 aliphatic heterocycles. The summed E-state index contributed by atoms with van der Waals surface area (Å²) in [6.45, 7) is 2.78. The van der Waals surface area contributed by atoms with E-state index in [0.29, 0.717) is 30.2 Å². The van der Waals surface area contributed by atoms with Gasteiger partial charge < -0.3 is 25.6 Å². The summed E-state index contributed by atoms with van der Waals surface area (Å²) in [5.74, 6) is 0.314. The van der Waals surface area contributed by atoms with Gasteiger partial charge in [-0.15, -0.1) is 5.10 Å². The van der Waals surface area contributed by atoms with Gasteiger partial charge in [0.1, 0.15) is 6.54 Å². The van der Waals surface area contributed by atoms with Gasteiger partial charge in [0.2, 0.25) is 0 Å². The van der Waals surface area contributed by atoms with Crippen molar-refractivity contribution in [3.05, 3.63) is 29.6 Å². The van der Waals surface area contributed by atoms with Gasteiger partial charge in [-0.3, -0.25) is 4.79 Å². The summed E-state index contributed by atoms with van der Waals surface area (Å²) in [6, 6.07) is 4.50. The first-order chi connectivity index (χ1) is 12.1. The number of hydrogen-bond acceptors (Lipinski definition) is 9. The van der Waals surface area contributed by atoms with E-state index < -0.39 is 12.0 Å². The highest BCUT2D eigenvalue weighted by atomic mass is 16.5. The number of nitrogens with zero attached hydrogens (tertiary/aromatic N) is 4. The Labute approximate surface area is 144 Å². The topological polar surface area (TPSA) is 137 Å². The number of carbonyl (C=O) groups excluding carboxylic acids is 1. The summed E-state index contributed by atoms with van der Waals surface area (Å²) < 4.78 is 11.3. The molecule has 10 heteroatoms. The summed E-state index contributed by atoms with van der Waals surface area (Å²) in [5.41, 5.74) is 6.28. The summed E-state index contributed by atoms with van der Waals surface area (Å²) in [6.07, 6.45) is 0. The summed E-state index contributed by atoms with van der Waals surface area (Å²) >= 11 is 0. The van der Waals surface area contributed by atoms with Gasteiger partial charge in [-0.2, -0.15) is 0 Å². The molecule has 1 unspecified atom stereocenters. The first kappa shape index (κ1) is 18.6. The highest BCUT2D eigenvalue weighted by molar-refractivity contribution is 5.69. The minimum atomic E-state index is -0.468. The van der Waals surface area contributed by atoms with Gasteiger partial charge in [0, 0.05) is 13.1 Å². The smallest absolute Gasteiger partial charge is 0.327 e. The highest BCUT2D eigenvalue weighted by Crippen LogP contribution is 2.30. The molecule has 0 spiro atoms. The van der Waals surface area contributed by atoms with Crippen LogP contribution >= 0.6 is 0 Å². The van der Waals surface area contributed by atoms with Crippen LogP contribution in [0.5, 0.6) is 11.5 Å². The molecule has 0 bridgehead atoms. The molecule has 4 N–H and O–H groups in total. The Hall–Kier alpha value is -2.72. The Balaban J connectivity index is 2.33. The third kappa shape index (κ3) is 4.64. The molecular weight excluding hydrogens is 328 g/mol. The Kier molecular flexibility index (Phi) is 6.66.